The van der Waals surface area contributed by atoms with Crippen LogP contribution in [-0.4, -0.2) is 45.1 Å². The minimum Gasteiger partial charge on any atom is -0.339 e. The van der Waals surface area contributed by atoms with E-state index in [1.807, 2.05) is 24.6 Å². The second kappa shape index (κ2) is 11.0. The molecule has 0 aliphatic rings. The highest BCUT2D eigenvalue weighted by Gasteiger charge is 2.14. The van der Waals surface area contributed by atoms with Crippen molar-refractivity contribution in [1.29, 1.82) is 0 Å². The number of hydrogen-bond acceptors (Lipinski definition) is 4. The van der Waals surface area contributed by atoms with Gasteiger partial charge in [-0.25, -0.2) is 4.98 Å². The topological polar surface area (TPSA) is 67.2 Å². The van der Waals surface area contributed by atoms with Gasteiger partial charge in [0.1, 0.15) is 0 Å². The number of carbonyl (C=O) groups is 2. The molecule has 1 aromatic heterocycles. The monoisotopic (exact) mass is 450 g/mol. The highest BCUT2D eigenvalue weighted by atomic mass is 32.2. The quantitative estimate of drug-likeness (QED) is 0.455. The second-order valence-corrected chi connectivity index (χ2v) is 8.66. The Bertz CT molecular complexity index is 1060. The zero-order valence-electron chi connectivity index (χ0n) is 19.0. The molecule has 1 heterocycles. The van der Waals surface area contributed by atoms with Crippen molar-refractivity contribution < 1.29 is 9.59 Å². The Morgan fingerprint density at radius 2 is 1.81 bits per heavy atom. The zero-order valence-corrected chi connectivity index (χ0v) is 19.9. The van der Waals surface area contributed by atoms with Gasteiger partial charge in [0, 0.05) is 42.4 Å². The lowest BCUT2D eigenvalue weighted by Gasteiger charge is -2.19. The molecule has 6 nitrogen and oxygen atoms in total. The van der Waals surface area contributed by atoms with E-state index in [0.29, 0.717) is 30.3 Å². The van der Waals surface area contributed by atoms with Crippen LogP contribution in [0.5, 0.6) is 0 Å². The summed E-state index contributed by atoms with van der Waals surface area (Å²) in [5, 5.41) is 3.64. The summed E-state index contributed by atoms with van der Waals surface area (Å²) in [6.45, 7) is 9.53. The van der Waals surface area contributed by atoms with Crippen molar-refractivity contribution in [2.45, 2.75) is 38.8 Å². The number of nitrogens with zero attached hydrogens (tertiary/aromatic N) is 3. The van der Waals surface area contributed by atoms with Crippen LogP contribution in [0.1, 0.15) is 49.5 Å². The summed E-state index contributed by atoms with van der Waals surface area (Å²) in [4.78, 5) is 31.2. The van der Waals surface area contributed by atoms with Crippen LogP contribution in [-0.2, 0) is 4.79 Å². The molecule has 0 radical (unpaired) electrons. The fourth-order valence-electron chi connectivity index (χ4n) is 3.36. The fraction of sp³-hybridized carbons (Fsp3) is 0.320. The maximum Gasteiger partial charge on any atom is 0.253 e. The summed E-state index contributed by atoms with van der Waals surface area (Å²) < 4.78 is 1.98. The third-order valence-corrected chi connectivity index (χ3v) is 6.19. The highest BCUT2D eigenvalue weighted by Crippen LogP contribution is 2.23. The molecule has 1 N–H and O–H groups in total. The summed E-state index contributed by atoms with van der Waals surface area (Å²) in [7, 11) is 0. The van der Waals surface area contributed by atoms with E-state index in [9.17, 15) is 9.59 Å². The van der Waals surface area contributed by atoms with Gasteiger partial charge in [0.15, 0.2) is 5.16 Å². The second-order valence-electron chi connectivity index (χ2n) is 7.72. The Morgan fingerprint density at radius 3 is 2.47 bits per heavy atom. The summed E-state index contributed by atoms with van der Waals surface area (Å²) in [6.07, 6.45) is 3.63. The predicted octanol–water partition coefficient (Wildman–Crippen LogP) is 5.21. The van der Waals surface area contributed by atoms with Crippen LogP contribution < -0.4 is 5.32 Å². The lowest BCUT2D eigenvalue weighted by Crippen LogP contribution is -2.30. The number of nitrogens with one attached hydrogen (secondary N) is 1. The van der Waals surface area contributed by atoms with Gasteiger partial charge in [-0.2, -0.15) is 0 Å². The summed E-state index contributed by atoms with van der Waals surface area (Å²) in [5.41, 5.74) is 3.47. The lowest BCUT2D eigenvalue weighted by molar-refractivity contribution is -0.113. The molecule has 0 saturated heterocycles. The van der Waals surface area contributed by atoms with Crippen molar-refractivity contribution in [2.75, 3.05) is 24.2 Å². The first-order valence-electron chi connectivity index (χ1n) is 10.9. The van der Waals surface area contributed by atoms with Crippen molar-refractivity contribution >= 4 is 29.3 Å². The standard InChI is InChI=1S/C25H30N4O2S/c1-5-28(6-2)24(31)20-8-7-9-21(16-20)27-23(30)17-32-25-26-14-15-29(25)22-12-10-19(11-13-22)18(3)4/h7-16,18H,5-6,17H2,1-4H3,(H,27,30). The molecule has 2 aromatic carbocycles. The number of hydrogen-bond donors (Lipinski definition) is 1. The largest absolute Gasteiger partial charge is 0.339 e. The van der Waals surface area contributed by atoms with E-state index in [0.717, 1.165) is 10.8 Å². The van der Waals surface area contributed by atoms with E-state index < -0.39 is 0 Å². The summed E-state index contributed by atoms with van der Waals surface area (Å²) in [5.74, 6) is 0.512. The number of carbonyl (C=O) groups excluding carboxylic acids is 2. The molecule has 0 aliphatic heterocycles. The number of rotatable bonds is 9. The Morgan fingerprint density at radius 1 is 1.09 bits per heavy atom. The molecule has 0 fully saturated rings. The minimum atomic E-state index is -0.146. The Kier molecular flexibility index (Phi) is 8.11. The molecule has 0 spiro atoms. The van der Waals surface area contributed by atoms with Crippen LogP contribution in [0.4, 0.5) is 5.69 Å². The minimum absolute atomic E-state index is 0.0361. The smallest absolute Gasteiger partial charge is 0.253 e. The Labute approximate surface area is 194 Å². The zero-order chi connectivity index (χ0) is 23.1. The van der Waals surface area contributed by atoms with Crippen LogP contribution in [0.3, 0.4) is 0 Å². The summed E-state index contributed by atoms with van der Waals surface area (Å²) >= 11 is 1.37. The number of amides is 2. The summed E-state index contributed by atoms with van der Waals surface area (Å²) in [6, 6.07) is 15.4. The van der Waals surface area contributed by atoms with Crippen LogP contribution in [0.25, 0.3) is 5.69 Å². The maximum absolute atomic E-state index is 12.6. The maximum atomic E-state index is 12.6. The van der Waals surface area contributed by atoms with Crippen LogP contribution >= 0.6 is 11.8 Å². The van der Waals surface area contributed by atoms with Gasteiger partial charge >= 0.3 is 0 Å². The van der Waals surface area contributed by atoms with Crippen LogP contribution in [0.2, 0.25) is 0 Å². The first-order valence-corrected chi connectivity index (χ1v) is 11.9. The number of benzene rings is 2. The number of anilines is 1. The average Bonchev–Trinajstić information content (AvgIpc) is 3.27. The molecule has 0 bridgehead atoms. The number of thioether (sulfide) groups is 1. The molecule has 0 unspecified atom stereocenters. The first-order chi connectivity index (χ1) is 15.4. The van der Waals surface area contributed by atoms with Gasteiger partial charge in [0.25, 0.3) is 5.91 Å². The van der Waals surface area contributed by atoms with E-state index in [1.165, 1.54) is 17.3 Å². The van der Waals surface area contributed by atoms with Crippen molar-refractivity contribution in [3.8, 4) is 5.69 Å². The molecular formula is C25H30N4O2S. The van der Waals surface area contributed by atoms with Gasteiger partial charge in [-0.1, -0.05) is 43.8 Å². The third kappa shape index (κ3) is 5.79. The van der Waals surface area contributed by atoms with Gasteiger partial charge in [-0.3, -0.25) is 14.2 Å². The molecule has 32 heavy (non-hydrogen) atoms. The molecule has 0 atom stereocenters. The average molecular weight is 451 g/mol. The normalized spacial score (nSPS) is 10.9. The van der Waals surface area contributed by atoms with Crippen LogP contribution in [0.15, 0.2) is 66.1 Å². The molecule has 168 valence electrons. The van der Waals surface area contributed by atoms with Crippen molar-refractivity contribution in [3.63, 3.8) is 0 Å². The third-order valence-electron chi connectivity index (χ3n) is 5.22. The number of imidazole rings is 1. The highest BCUT2D eigenvalue weighted by molar-refractivity contribution is 7.99. The van der Waals surface area contributed by atoms with E-state index in [-0.39, 0.29) is 17.6 Å². The molecule has 0 aliphatic carbocycles. The lowest BCUT2D eigenvalue weighted by atomic mass is 10.0. The first kappa shape index (κ1) is 23.6. The Balaban J connectivity index is 1.62. The molecular weight excluding hydrogens is 420 g/mol. The van der Waals surface area contributed by atoms with Crippen LogP contribution in [0, 0.1) is 0 Å². The molecule has 2 amide bonds. The van der Waals surface area contributed by atoms with E-state index in [1.54, 1.807) is 35.4 Å². The van der Waals surface area contributed by atoms with Gasteiger partial charge in [0.2, 0.25) is 5.91 Å². The SMILES string of the molecule is CCN(CC)C(=O)c1cccc(NC(=O)CSc2nccn2-c2ccc(C(C)C)cc2)c1. The van der Waals surface area contributed by atoms with Gasteiger partial charge in [-0.05, 0) is 55.7 Å². The van der Waals surface area contributed by atoms with Gasteiger partial charge < -0.3 is 10.2 Å². The predicted molar refractivity (Wildman–Crippen MR) is 131 cm³/mol. The van der Waals surface area contributed by atoms with E-state index in [2.05, 4.69) is 48.4 Å². The molecule has 7 heteroatoms. The molecule has 0 saturated carbocycles. The van der Waals surface area contributed by atoms with Crippen molar-refractivity contribution in [2.24, 2.45) is 0 Å². The van der Waals surface area contributed by atoms with Gasteiger partial charge in [0.05, 0.1) is 5.75 Å². The van der Waals surface area contributed by atoms with E-state index >= 15 is 0 Å². The molecule has 3 rings (SSSR count). The van der Waals surface area contributed by atoms with Gasteiger partial charge in [-0.15, -0.1) is 0 Å². The van der Waals surface area contributed by atoms with Crippen molar-refractivity contribution in [1.82, 2.24) is 14.5 Å². The Hall–Kier alpha value is -3.06. The fourth-order valence-corrected chi connectivity index (χ4v) is 4.14. The van der Waals surface area contributed by atoms with E-state index in [4.69, 9.17) is 0 Å². The number of aromatic nitrogens is 2. The molecule has 3 aromatic rings. The van der Waals surface area contributed by atoms with Crippen molar-refractivity contribution in [3.05, 3.63) is 72.1 Å².